The molecule has 1 N–H and O–H groups in total. The molecule has 0 bridgehead atoms. The van der Waals surface area contributed by atoms with Crippen LogP contribution in [0.3, 0.4) is 0 Å². The number of anilines is 1. The standard InChI is InChI=1S/C23H24N4O2S3/c1-5-27-22(29)20-14(3)15(4)32-21(20)26-23(27)31-12-17-11-30-19(25-17)10-18(28)24-16-8-6-13(2)7-9-16/h6-9,11H,5,10,12H2,1-4H3,(H,24,28). The number of benzene rings is 1. The molecule has 3 heterocycles. The van der Waals surface area contributed by atoms with Gasteiger partial charge in [0.25, 0.3) is 5.56 Å². The molecular formula is C23H24N4O2S3. The zero-order chi connectivity index (χ0) is 22.8. The van der Waals surface area contributed by atoms with Crippen molar-refractivity contribution in [3.8, 4) is 0 Å². The van der Waals surface area contributed by atoms with Crippen molar-refractivity contribution >= 4 is 56.2 Å². The molecule has 3 aromatic heterocycles. The first-order chi connectivity index (χ1) is 15.4. The molecule has 0 saturated carbocycles. The predicted octanol–water partition coefficient (Wildman–Crippen LogP) is 5.33. The first-order valence-electron chi connectivity index (χ1n) is 10.3. The van der Waals surface area contributed by atoms with Gasteiger partial charge >= 0.3 is 0 Å². The number of aryl methyl sites for hydroxylation is 3. The summed E-state index contributed by atoms with van der Waals surface area (Å²) in [5.74, 6) is 0.509. The number of carbonyl (C=O) groups is 1. The summed E-state index contributed by atoms with van der Waals surface area (Å²) < 4.78 is 1.73. The molecule has 0 fully saturated rings. The van der Waals surface area contributed by atoms with Gasteiger partial charge in [-0.1, -0.05) is 29.5 Å². The molecule has 9 heteroatoms. The summed E-state index contributed by atoms with van der Waals surface area (Å²) in [5, 5.41) is 7.08. The molecule has 4 rings (SSSR count). The van der Waals surface area contributed by atoms with Gasteiger partial charge in [0.2, 0.25) is 5.91 Å². The Bertz CT molecular complexity index is 1340. The Hall–Kier alpha value is -2.49. The van der Waals surface area contributed by atoms with Crippen LogP contribution in [0.4, 0.5) is 5.69 Å². The second-order valence-corrected chi connectivity index (χ2v) is 10.6. The van der Waals surface area contributed by atoms with Crippen LogP contribution in [0, 0.1) is 20.8 Å². The fourth-order valence-electron chi connectivity index (χ4n) is 3.31. The number of nitrogens with zero attached hydrogens (tertiary/aromatic N) is 3. The molecule has 0 aliphatic rings. The van der Waals surface area contributed by atoms with E-state index in [0.717, 1.165) is 42.6 Å². The molecule has 0 atom stereocenters. The number of thioether (sulfide) groups is 1. The van der Waals surface area contributed by atoms with Crippen LogP contribution < -0.4 is 10.9 Å². The van der Waals surface area contributed by atoms with Gasteiger partial charge < -0.3 is 5.32 Å². The Morgan fingerprint density at radius 1 is 1.16 bits per heavy atom. The van der Waals surface area contributed by atoms with Crippen molar-refractivity contribution in [1.82, 2.24) is 14.5 Å². The number of thiazole rings is 1. The normalized spacial score (nSPS) is 11.2. The summed E-state index contributed by atoms with van der Waals surface area (Å²) in [6, 6.07) is 7.72. The zero-order valence-electron chi connectivity index (χ0n) is 18.4. The van der Waals surface area contributed by atoms with E-state index in [-0.39, 0.29) is 17.9 Å². The van der Waals surface area contributed by atoms with E-state index in [9.17, 15) is 9.59 Å². The molecule has 0 aliphatic heterocycles. The molecule has 166 valence electrons. The molecule has 0 unspecified atom stereocenters. The van der Waals surface area contributed by atoms with E-state index in [2.05, 4.69) is 10.3 Å². The molecule has 4 aromatic rings. The van der Waals surface area contributed by atoms with E-state index in [0.29, 0.717) is 17.5 Å². The minimum atomic E-state index is -0.0854. The van der Waals surface area contributed by atoms with Gasteiger partial charge in [-0.3, -0.25) is 14.2 Å². The number of aromatic nitrogens is 3. The van der Waals surface area contributed by atoms with Crippen LogP contribution >= 0.6 is 34.4 Å². The smallest absolute Gasteiger partial charge is 0.263 e. The third-order valence-corrected chi connectivity index (χ3v) is 8.17. The van der Waals surface area contributed by atoms with Crippen molar-refractivity contribution in [3.63, 3.8) is 0 Å². The largest absolute Gasteiger partial charge is 0.326 e. The second kappa shape index (κ2) is 9.56. The van der Waals surface area contributed by atoms with E-state index >= 15 is 0 Å². The maximum absolute atomic E-state index is 13.0. The molecule has 0 saturated heterocycles. The highest BCUT2D eigenvalue weighted by Gasteiger charge is 2.17. The topological polar surface area (TPSA) is 76.9 Å². The summed E-state index contributed by atoms with van der Waals surface area (Å²) >= 11 is 4.55. The average molecular weight is 485 g/mol. The maximum Gasteiger partial charge on any atom is 0.263 e. The minimum Gasteiger partial charge on any atom is -0.326 e. The van der Waals surface area contributed by atoms with E-state index in [1.807, 2.05) is 57.3 Å². The lowest BCUT2D eigenvalue weighted by Gasteiger charge is -2.09. The Balaban J connectivity index is 1.44. The van der Waals surface area contributed by atoms with Gasteiger partial charge in [-0.15, -0.1) is 22.7 Å². The summed E-state index contributed by atoms with van der Waals surface area (Å²) in [5.41, 5.74) is 3.86. The molecule has 6 nitrogen and oxygen atoms in total. The van der Waals surface area contributed by atoms with Crippen LogP contribution in [0.5, 0.6) is 0 Å². The lowest BCUT2D eigenvalue weighted by atomic mass is 10.2. The summed E-state index contributed by atoms with van der Waals surface area (Å²) in [6.45, 7) is 8.55. The quantitative estimate of drug-likeness (QED) is 0.283. The van der Waals surface area contributed by atoms with E-state index in [4.69, 9.17) is 4.98 Å². The van der Waals surface area contributed by atoms with Crippen LogP contribution in [-0.4, -0.2) is 20.4 Å². The van der Waals surface area contributed by atoms with Crippen LogP contribution in [0.25, 0.3) is 10.2 Å². The van der Waals surface area contributed by atoms with Gasteiger partial charge in [0, 0.05) is 28.2 Å². The minimum absolute atomic E-state index is 0.0218. The van der Waals surface area contributed by atoms with Gasteiger partial charge in [0.1, 0.15) is 9.84 Å². The number of hydrogen-bond acceptors (Lipinski definition) is 7. The zero-order valence-corrected chi connectivity index (χ0v) is 20.8. The first-order valence-corrected chi connectivity index (χ1v) is 13.0. The summed E-state index contributed by atoms with van der Waals surface area (Å²) in [4.78, 5) is 36.6. The van der Waals surface area contributed by atoms with Gasteiger partial charge in [0.15, 0.2) is 5.16 Å². The lowest BCUT2D eigenvalue weighted by molar-refractivity contribution is -0.115. The molecule has 0 radical (unpaired) electrons. The molecular weight excluding hydrogens is 460 g/mol. The van der Waals surface area contributed by atoms with Gasteiger partial charge in [0.05, 0.1) is 17.5 Å². The molecule has 1 aromatic carbocycles. The Morgan fingerprint density at radius 2 is 1.91 bits per heavy atom. The van der Waals surface area contributed by atoms with Crippen LogP contribution in [0.15, 0.2) is 39.6 Å². The van der Waals surface area contributed by atoms with E-state index in [1.54, 1.807) is 15.9 Å². The molecule has 32 heavy (non-hydrogen) atoms. The van der Waals surface area contributed by atoms with E-state index in [1.165, 1.54) is 23.1 Å². The van der Waals surface area contributed by atoms with Crippen molar-refractivity contribution in [1.29, 1.82) is 0 Å². The number of amides is 1. The number of rotatable bonds is 7. The summed E-state index contributed by atoms with van der Waals surface area (Å²) in [6.07, 6.45) is 0.237. The number of hydrogen-bond donors (Lipinski definition) is 1. The lowest BCUT2D eigenvalue weighted by Crippen LogP contribution is -2.22. The maximum atomic E-state index is 13.0. The summed E-state index contributed by atoms with van der Waals surface area (Å²) in [7, 11) is 0. The van der Waals surface area contributed by atoms with Crippen molar-refractivity contribution in [2.75, 3.05) is 5.32 Å². The number of fused-ring (bicyclic) bond motifs is 1. The number of carbonyl (C=O) groups excluding carboxylic acids is 1. The van der Waals surface area contributed by atoms with Crippen molar-refractivity contribution in [2.24, 2.45) is 0 Å². The van der Waals surface area contributed by atoms with Crippen molar-refractivity contribution < 1.29 is 4.79 Å². The fourth-order valence-corrected chi connectivity index (χ4v) is 6.24. The third-order valence-electron chi connectivity index (χ3n) is 5.17. The predicted molar refractivity (Wildman–Crippen MR) is 134 cm³/mol. The Morgan fingerprint density at radius 3 is 2.62 bits per heavy atom. The number of nitrogens with one attached hydrogen (secondary N) is 1. The third kappa shape index (κ3) is 4.79. The highest BCUT2D eigenvalue weighted by molar-refractivity contribution is 7.98. The molecule has 0 spiro atoms. The number of thiophene rings is 1. The van der Waals surface area contributed by atoms with E-state index < -0.39 is 0 Å². The van der Waals surface area contributed by atoms with Gasteiger partial charge in [-0.05, 0) is 45.4 Å². The van der Waals surface area contributed by atoms with Gasteiger partial charge in [-0.2, -0.15) is 0 Å². The van der Waals surface area contributed by atoms with Crippen LogP contribution in [-0.2, 0) is 23.5 Å². The van der Waals surface area contributed by atoms with Gasteiger partial charge in [-0.25, -0.2) is 9.97 Å². The first kappa shape index (κ1) is 22.7. The Kier molecular flexibility index (Phi) is 6.78. The Labute approximate surface area is 198 Å². The second-order valence-electron chi connectivity index (χ2n) is 7.52. The molecule has 1 amide bonds. The SMILES string of the molecule is CCn1c(SCc2csc(CC(=O)Nc3ccc(C)cc3)n2)nc2sc(C)c(C)c2c1=O. The molecule has 0 aliphatic carbocycles. The average Bonchev–Trinajstić information content (AvgIpc) is 3.32. The highest BCUT2D eigenvalue weighted by atomic mass is 32.2. The van der Waals surface area contributed by atoms with Crippen molar-refractivity contribution in [3.05, 3.63) is 66.7 Å². The van der Waals surface area contributed by atoms with Crippen LogP contribution in [0.2, 0.25) is 0 Å². The highest BCUT2D eigenvalue weighted by Crippen LogP contribution is 2.29. The monoisotopic (exact) mass is 484 g/mol. The van der Waals surface area contributed by atoms with Crippen LogP contribution in [0.1, 0.15) is 33.6 Å². The van der Waals surface area contributed by atoms with Crippen molar-refractivity contribution in [2.45, 2.75) is 51.6 Å². The fraction of sp³-hybridized carbons (Fsp3) is 0.304.